The number of hydrogen-bond acceptors (Lipinski definition) is 6. The molecule has 10 heteroatoms. The highest BCUT2D eigenvalue weighted by atomic mass is 79.9. The topological polar surface area (TPSA) is 93.2 Å². The van der Waals surface area contributed by atoms with Crippen molar-refractivity contribution in [1.82, 2.24) is 20.2 Å². The Morgan fingerprint density at radius 2 is 2.03 bits per heavy atom. The van der Waals surface area contributed by atoms with Crippen LogP contribution in [-0.4, -0.2) is 32.4 Å². The van der Waals surface area contributed by atoms with Gasteiger partial charge in [-0.1, -0.05) is 39.1 Å². The molecule has 0 aliphatic rings. The molecule has 1 atom stereocenters. The van der Waals surface area contributed by atoms with Crippen molar-refractivity contribution >= 4 is 50.2 Å². The summed E-state index contributed by atoms with van der Waals surface area (Å²) in [5.74, 6) is 0.820. The summed E-state index contributed by atoms with van der Waals surface area (Å²) >= 11 is 15.8. The molecular weight excluding hydrogens is 483 g/mol. The van der Waals surface area contributed by atoms with Gasteiger partial charge in [0.25, 0.3) is 0 Å². The van der Waals surface area contributed by atoms with Crippen LogP contribution >= 0.6 is 39.1 Å². The molecule has 0 spiro atoms. The fraction of sp³-hybridized carbons (Fsp3) is 0.105. The number of fused-ring (bicyclic) bond motifs is 1. The summed E-state index contributed by atoms with van der Waals surface area (Å²) in [5, 5.41) is 19.2. The number of hydrogen-bond donors (Lipinski definition) is 2. The SMILES string of the molecule is COc1nc(C(O)c2[nH]nc3ncccc23)cc(Oc2cc(Cl)cc(Br)c2)c1Cl. The van der Waals surface area contributed by atoms with Gasteiger partial charge in [0, 0.05) is 27.1 Å². The van der Waals surface area contributed by atoms with Crippen LogP contribution in [0.25, 0.3) is 11.0 Å². The van der Waals surface area contributed by atoms with Gasteiger partial charge in [0.05, 0.1) is 18.5 Å². The van der Waals surface area contributed by atoms with Crippen molar-refractivity contribution in [1.29, 1.82) is 0 Å². The van der Waals surface area contributed by atoms with Crippen molar-refractivity contribution in [3.05, 3.63) is 68.5 Å². The zero-order valence-corrected chi connectivity index (χ0v) is 18.0. The molecule has 2 N–H and O–H groups in total. The van der Waals surface area contributed by atoms with E-state index in [9.17, 15) is 5.11 Å². The lowest BCUT2D eigenvalue weighted by atomic mass is 10.1. The molecule has 0 saturated carbocycles. The predicted octanol–water partition coefficient (Wildman–Crippen LogP) is 5.30. The highest BCUT2D eigenvalue weighted by molar-refractivity contribution is 9.10. The summed E-state index contributed by atoms with van der Waals surface area (Å²) in [6, 6.07) is 10.2. The summed E-state index contributed by atoms with van der Waals surface area (Å²) in [6.45, 7) is 0. The summed E-state index contributed by atoms with van der Waals surface area (Å²) < 4.78 is 11.9. The van der Waals surface area contributed by atoms with Crippen LogP contribution < -0.4 is 9.47 Å². The number of nitrogens with zero attached hydrogens (tertiary/aromatic N) is 3. The number of H-pyrrole nitrogens is 1. The molecule has 3 heterocycles. The van der Waals surface area contributed by atoms with E-state index in [1.807, 2.05) is 0 Å². The first kappa shape index (κ1) is 19.9. The smallest absolute Gasteiger partial charge is 0.236 e. The van der Waals surface area contributed by atoms with Gasteiger partial charge in [-0.15, -0.1) is 0 Å². The Hall–Kier alpha value is -2.39. The molecule has 3 aromatic heterocycles. The summed E-state index contributed by atoms with van der Waals surface area (Å²) in [4.78, 5) is 8.46. The van der Waals surface area contributed by atoms with Crippen molar-refractivity contribution < 1.29 is 14.6 Å². The third-order valence-corrected chi connectivity index (χ3v) is 5.11. The van der Waals surface area contributed by atoms with E-state index < -0.39 is 6.10 Å². The van der Waals surface area contributed by atoms with E-state index in [1.54, 1.807) is 36.5 Å². The van der Waals surface area contributed by atoms with Crippen LogP contribution in [0.15, 0.2) is 47.1 Å². The molecule has 4 aromatic rings. The Bertz CT molecular complexity index is 1180. The van der Waals surface area contributed by atoms with E-state index in [2.05, 4.69) is 36.1 Å². The van der Waals surface area contributed by atoms with Crippen LogP contribution in [0.3, 0.4) is 0 Å². The van der Waals surface area contributed by atoms with Crippen molar-refractivity contribution in [2.75, 3.05) is 7.11 Å². The minimum atomic E-state index is -1.14. The quantitative estimate of drug-likeness (QED) is 0.390. The molecular formula is C19H13BrCl2N4O3. The monoisotopic (exact) mass is 494 g/mol. The Kier molecular flexibility index (Phi) is 5.60. The molecule has 1 unspecified atom stereocenters. The number of ether oxygens (including phenoxy) is 2. The van der Waals surface area contributed by atoms with Crippen LogP contribution in [0.4, 0.5) is 0 Å². The molecule has 148 valence electrons. The minimum absolute atomic E-state index is 0.112. The number of aliphatic hydroxyl groups excluding tert-OH is 1. The number of nitrogens with one attached hydrogen (secondary N) is 1. The Morgan fingerprint density at radius 3 is 2.79 bits per heavy atom. The van der Waals surface area contributed by atoms with Crippen molar-refractivity contribution in [3.8, 4) is 17.4 Å². The molecule has 0 radical (unpaired) electrons. The molecule has 0 saturated heterocycles. The largest absolute Gasteiger partial charge is 0.480 e. The maximum atomic E-state index is 10.9. The Balaban J connectivity index is 1.77. The number of aromatic amines is 1. The second-order valence-corrected chi connectivity index (χ2v) is 7.72. The fourth-order valence-corrected chi connectivity index (χ4v) is 3.83. The highest BCUT2D eigenvalue weighted by Crippen LogP contribution is 2.39. The van der Waals surface area contributed by atoms with Gasteiger partial charge >= 0.3 is 0 Å². The Labute approximate surface area is 183 Å². The lowest BCUT2D eigenvalue weighted by Crippen LogP contribution is -2.06. The number of aromatic nitrogens is 4. The van der Waals surface area contributed by atoms with Gasteiger partial charge in [-0.2, -0.15) is 5.10 Å². The molecule has 0 fully saturated rings. The van der Waals surface area contributed by atoms with Gasteiger partial charge in [-0.3, -0.25) is 5.10 Å². The molecule has 4 rings (SSSR count). The van der Waals surface area contributed by atoms with Gasteiger partial charge < -0.3 is 14.6 Å². The van der Waals surface area contributed by atoms with Crippen molar-refractivity contribution in [2.24, 2.45) is 0 Å². The maximum Gasteiger partial charge on any atom is 0.236 e. The molecule has 0 aliphatic heterocycles. The maximum absolute atomic E-state index is 10.9. The van der Waals surface area contributed by atoms with Crippen LogP contribution in [-0.2, 0) is 0 Å². The number of pyridine rings is 2. The van der Waals surface area contributed by atoms with E-state index in [0.717, 1.165) is 4.47 Å². The van der Waals surface area contributed by atoms with Gasteiger partial charge in [0.2, 0.25) is 5.88 Å². The average molecular weight is 496 g/mol. The number of benzene rings is 1. The lowest BCUT2D eigenvalue weighted by molar-refractivity contribution is 0.209. The first-order chi connectivity index (χ1) is 14.0. The summed E-state index contributed by atoms with van der Waals surface area (Å²) in [6.07, 6.45) is 0.488. The number of aliphatic hydroxyl groups is 1. The van der Waals surface area contributed by atoms with Gasteiger partial charge in [-0.25, -0.2) is 9.97 Å². The summed E-state index contributed by atoms with van der Waals surface area (Å²) in [7, 11) is 1.43. The van der Waals surface area contributed by atoms with E-state index in [1.165, 1.54) is 13.2 Å². The van der Waals surface area contributed by atoms with Gasteiger partial charge in [0.1, 0.15) is 16.9 Å². The normalized spacial score (nSPS) is 12.2. The van der Waals surface area contributed by atoms with Crippen molar-refractivity contribution in [2.45, 2.75) is 6.10 Å². The van der Waals surface area contributed by atoms with E-state index >= 15 is 0 Å². The number of halogens is 3. The van der Waals surface area contributed by atoms with Crippen LogP contribution in [0.5, 0.6) is 17.4 Å². The second kappa shape index (κ2) is 8.16. The molecule has 0 bridgehead atoms. The lowest BCUT2D eigenvalue weighted by Gasteiger charge is -2.15. The second-order valence-electron chi connectivity index (χ2n) is 5.99. The number of rotatable bonds is 5. The fourth-order valence-electron chi connectivity index (χ4n) is 2.79. The van der Waals surface area contributed by atoms with Crippen LogP contribution in [0.1, 0.15) is 17.5 Å². The molecule has 29 heavy (non-hydrogen) atoms. The zero-order chi connectivity index (χ0) is 20.5. The van der Waals surface area contributed by atoms with Crippen LogP contribution in [0, 0.1) is 0 Å². The van der Waals surface area contributed by atoms with E-state index in [-0.39, 0.29) is 22.3 Å². The standard InChI is InChI=1S/C19H13BrCl2N4O3/c1-28-19-15(22)14(29-11-6-9(20)5-10(21)7-11)8-13(24-19)17(27)16-12-3-2-4-23-18(12)26-25-16/h2-8,17,27H,1H3,(H,23,25,26). The van der Waals surface area contributed by atoms with E-state index in [0.29, 0.717) is 27.5 Å². The third-order valence-electron chi connectivity index (χ3n) is 4.08. The predicted molar refractivity (Wildman–Crippen MR) is 113 cm³/mol. The Morgan fingerprint density at radius 1 is 1.21 bits per heavy atom. The van der Waals surface area contributed by atoms with Crippen molar-refractivity contribution in [3.63, 3.8) is 0 Å². The molecule has 1 aromatic carbocycles. The highest BCUT2D eigenvalue weighted by Gasteiger charge is 2.23. The third kappa shape index (κ3) is 4.02. The number of methoxy groups -OCH3 is 1. The van der Waals surface area contributed by atoms with Crippen LogP contribution in [0.2, 0.25) is 10.0 Å². The summed E-state index contributed by atoms with van der Waals surface area (Å²) in [5.41, 5.74) is 1.20. The zero-order valence-electron chi connectivity index (χ0n) is 14.9. The van der Waals surface area contributed by atoms with Gasteiger partial charge in [0.15, 0.2) is 11.4 Å². The first-order valence-electron chi connectivity index (χ1n) is 8.31. The van der Waals surface area contributed by atoms with Gasteiger partial charge in [-0.05, 0) is 30.3 Å². The molecule has 0 amide bonds. The first-order valence-corrected chi connectivity index (χ1v) is 9.86. The molecule has 7 nitrogen and oxygen atoms in total. The molecule has 0 aliphatic carbocycles. The minimum Gasteiger partial charge on any atom is -0.480 e. The van der Waals surface area contributed by atoms with E-state index in [4.69, 9.17) is 32.7 Å². The average Bonchev–Trinajstić information content (AvgIpc) is 3.12.